The second-order valence-corrected chi connectivity index (χ2v) is 6.84. The molecule has 1 unspecified atom stereocenters. The molecule has 0 aromatic carbocycles. The third kappa shape index (κ3) is 4.21. The summed E-state index contributed by atoms with van der Waals surface area (Å²) in [4.78, 5) is 24.1. The molecule has 4 nitrogen and oxygen atoms in total. The first-order chi connectivity index (χ1) is 8.75. The highest BCUT2D eigenvalue weighted by molar-refractivity contribution is 7.16. The Balaban J connectivity index is 2.57. The first kappa shape index (κ1) is 16.0. The number of thiophene rings is 1. The molecule has 1 rings (SSSR count). The van der Waals surface area contributed by atoms with Gasteiger partial charge >= 0.3 is 5.97 Å². The lowest BCUT2D eigenvalue weighted by molar-refractivity contribution is -0.153. The van der Waals surface area contributed by atoms with Crippen LogP contribution in [0.2, 0.25) is 4.34 Å². The van der Waals surface area contributed by atoms with E-state index in [0.717, 1.165) is 4.88 Å². The van der Waals surface area contributed by atoms with Crippen molar-refractivity contribution in [3.63, 3.8) is 0 Å². The van der Waals surface area contributed by atoms with Crippen LogP contribution in [-0.4, -0.2) is 17.0 Å². The van der Waals surface area contributed by atoms with E-state index in [1.807, 2.05) is 6.07 Å². The third-order valence-electron chi connectivity index (χ3n) is 3.38. The van der Waals surface area contributed by atoms with Gasteiger partial charge in [0.25, 0.3) is 0 Å². The number of carboxylic acids is 1. The highest BCUT2D eigenvalue weighted by Gasteiger charge is 2.38. The van der Waals surface area contributed by atoms with E-state index >= 15 is 0 Å². The van der Waals surface area contributed by atoms with E-state index in [-0.39, 0.29) is 18.2 Å². The number of carboxylic acid groups (broad SMARTS) is 1. The van der Waals surface area contributed by atoms with E-state index < -0.39 is 11.4 Å². The minimum Gasteiger partial charge on any atom is -0.481 e. The Kier molecular flexibility index (Phi) is 5.38. The van der Waals surface area contributed by atoms with Crippen molar-refractivity contribution in [1.82, 2.24) is 5.32 Å². The number of hydrogen-bond donors (Lipinski definition) is 2. The van der Waals surface area contributed by atoms with Gasteiger partial charge in [-0.15, -0.1) is 11.3 Å². The van der Waals surface area contributed by atoms with E-state index in [0.29, 0.717) is 10.9 Å². The SMILES string of the molecule is CC(C)C(C)(CC(=O)NCc1ccc(Cl)s1)C(=O)O. The summed E-state index contributed by atoms with van der Waals surface area (Å²) in [5.41, 5.74) is -1.04. The molecule has 1 amide bonds. The van der Waals surface area contributed by atoms with Gasteiger partial charge < -0.3 is 10.4 Å². The van der Waals surface area contributed by atoms with Crippen molar-refractivity contribution < 1.29 is 14.7 Å². The lowest BCUT2D eigenvalue weighted by Gasteiger charge is -2.28. The van der Waals surface area contributed by atoms with Crippen LogP contribution in [0, 0.1) is 11.3 Å². The van der Waals surface area contributed by atoms with E-state index in [4.69, 9.17) is 11.6 Å². The zero-order valence-corrected chi connectivity index (χ0v) is 12.8. The van der Waals surface area contributed by atoms with Gasteiger partial charge in [-0.05, 0) is 25.0 Å². The minimum atomic E-state index is -1.04. The molecule has 0 aliphatic rings. The number of nitrogens with one attached hydrogen (secondary N) is 1. The molecule has 1 heterocycles. The molecule has 0 aliphatic carbocycles. The second-order valence-electron chi connectivity index (χ2n) is 5.04. The first-order valence-electron chi connectivity index (χ1n) is 6.00. The van der Waals surface area contributed by atoms with Crippen LogP contribution in [0.15, 0.2) is 12.1 Å². The fraction of sp³-hybridized carbons (Fsp3) is 0.538. The van der Waals surface area contributed by atoms with Crippen LogP contribution in [0.1, 0.15) is 32.1 Å². The van der Waals surface area contributed by atoms with Gasteiger partial charge in [-0.2, -0.15) is 0 Å². The standard InChI is InChI=1S/C13H18ClNO3S/c1-8(2)13(3,12(17)18)6-11(16)15-7-9-4-5-10(14)19-9/h4-5,8H,6-7H2,1-3H3,(H,15,16)(H,17,18). The van der Waals surface area contributed by atoms with E-state index in [1.54, 1.807) is 26.8 Å². The maximum atomic E-state index is 11.8. The van der Waals surface area contributed by atoms with Crippen LogP contribution in [0.5, 0.6) is 0 Å². The largest absolute Gasteiger partial charge is 0.481 e. The number of hydrogen-bond acceptors (Lipinski definition) is 3. The second kappa shape index (κ2) is 6.39. The van der Waals surface area contributed by atoms with Crippen molar-refractivity contribution in [3.05, 3.63) is 21.3 Å². The average Bonchev–Trinajstić information content (AvgIpc) is 2.72. The molecule has 0 saturated carbocycles. The van der Waals surface area contributed by atoms with Gasteiger partial charge in [0.15, 0.2) is 0 Å². The highest BCUT2D eigenvalue weighted by Crippen LogP contribution is 2.31. The number of amides is 1. The van der Waals surface area contributed by atoms with Crippen LogP contribution >= 0.6 is 22.9 Å². The number of aliphatic carboxylic acids is 1. The molecule has 2 N–H and O–H groups in total. The fourth-order valence-corrected chi connectivity index (χ4v) is 2.58. The predicted octanol–water partition coefficient (Wildman–Crippen LogP) is 3.15. The van der Waals surface area contributed by atoms with Crippen molar-refractivity contribution in [2.75, 3.05) is 0 Å². The summed E-state index contributed by atoms with van der Waals surface area (Å²) in [5, 5.41) is 12.0. The van der Waals surface area contributed by atoms with Crippen LogP contribution in [0.3, 0.4) is 0 Å². The maximum Gasteiger partial charge on any atom is 0.310 e. The number of carbonyl (C=O) groups is 2. The Bertz CT molecular complexity index is 472. The lowest BCUT2D eigenvalue weighted by Crippen LogP contribution is -2.38. The molecule has 0 spiro atoms. The van der Waals surface area contributed by atoms with Gasteiger partial charge in [0.1, 0.15) is 0 Å². The topological polar surface area (TPSA) is 66.4 Å². The smallest absolute Gasteiger partial charge is 0.310 e. The Morgan fingerprint density at radius 2 is 2.11 bits per heavy atom. The third-order valence-corrected chi connectivity index (χ3v) is 4.61. The molecule has 1 aromatic rings. The molecule has 0 radical (unpaired) electrons. The Labute approximate surface area is 121 Å². The van der Waals surface area contributed by atoms with Crippen LogP contribution in [-0.2, 0) is 16.1 Å². The molecule has 106 valence electrons. The van der Waals surface area contributed by atoms with E-state index in [2.05, 4.69) is 5.32 Å². The summed E-state index contributed by atoms with van der Waals surface area (Å²) in [7, 11) is 0. The number of carbonyl (C=O) groups excluding carboxylic acids is 1. The molecular weight excluding hydrogens is 286 g/mol. The maximum absolute atomic E-state index is 11.8. The monoisotopic (exact) mass is 303 g/mol. The van der Waals surface area contributed by atoms with Gasteiger partial charge in [0.05, 0.1) is 16.3 Å². The van der Waals surface area contributed by atoms with Gasteiger partial charge in [-0.3, -0.25) is 9.59 Å². The summed E-state index contributed by atoms with van der Waals surface area (Å²) < 4.78 is 0.668. The molecule has 0 aliphatic heterocycles. The summed E-state index contributed by atoms with van der Waals surface area (Å²) in [6.07, 6.45) is -0.0287. The highest BCUT2D eigenvalue weighted by atomic mass is 35.5. The van der Waals surface area contributed by atoms with Crippen molar-refractivity contribution >= 4 is 34.8 Å². The van der Waals surface area contributed by atoms with E-state index in [9.17, 15) is 14.7 Å². The van der Waals surface area contributed by atoms with Gasteiger partial charge in [0.2, 0.25) is 5.91 Å². The Morgan fingerprint density at radius 3 is 2.53 bits per heavy atom. The molecule has 0 fully saturated rings. The van der Waals surface area contributed by atoms with Crippen molar-refractivity contribution in [1.29, 1.82) is 0 Å². The zero-order chi connectivity index (χ0) is 14.6. The number of rotatable bonds is 6. The molecule has 0 saturated heterocycles. The molecule has 0 bridgehead atoms. The first-order valence-corrected chi connectivity index (χ1v) is 7.19. The minimum absolute atomic E-state index is 0.0287. The quantitative estimate of drug-likeness (QED) is 0.848. The molecule has 1 aromatic heterocycles. The van der Waals surface area contributed by atoms with Gasteiger partial charge in [-0.1, -0.05) is 25.4 Å². The molecule has 19 heavy (non-hydrogen) atoms. The Hall–Kier alpha value is -1.07. The summed E-state index contributed by atoms with van der Waals surface area (Å²) in [6.45, 7) is 5.59. The molecular formula is C13H18ClNO3S. The van der Waals surface area contributed by atoms with E-state index in [1.165, 1.54) is 11.3 Å². The van der Waals surface area contributed by atoms with Crippen LogP contribution < -0.4 is 5.32 Å². The summed E-state index contributed by atoms with van der Waals surface area (Å²) >= 11 is 7.19. The lowest BCUT2D eigenvalue weighted by atomic mass is 9.76. The van der Waals surface area contributed by atoms with Gasteiger partial charge in [0, 0.05) is 11.3 Å². The number of halogens is 1. The summed E-state index contributed by atoms with van der Waals surface area (Å²) in [5.74, 6) is -1.33. The van der Waals surface area contributed by atoms with Crippen LogP contribution in [0.25, 0.3) is 0 Å². The van der Waals surface area contributed by atoms with Crippen molar-refractivity contribution in [3.8, 4) is 0 Å². The normalized spacial score (nSPS) is 14.2. The van der Waals surface area contributed by atoms with Crippen molar-refractivity contribution in [2.45, 2.75) is 33.7 Å². The van der Waals surface area contributed by atoms with Crippen molar-refractivity contribution in [2.24, 2.45) is 11.3 Å². The zero-order valence-electron chi connectivity index (χ0n) is 11.2. The Morgan fingerprint density at radius 1 is 1.47 bits per heavy atom. The molecule has 6 heteroatoms. The van der Waals surface area contributed by atoms with Crippen LogP contribution in [0.4, 0.5) is 0 Å². The predicted molar refractivity (Wildman–Crippen MR) is 76.4 cm³/mol. The molecule has 1 atom stereocenters. The average molecular weight is 304 g/mol. The summed E-state index contributed by atoms with van der Waals surface area (Å²) in [6, 6.07) is 3.61. The van der Waals surface area contributed by atoms with Gasteiger partial charge in [-0.25, -0.2) is 0 Å². The fourth-order valence-electron chi connectivity index (χ4n) is 1.56.